The number of hydrogen-bond acceptors (Lipinski definition) is 3. The van der Waals surface area contributed by atoms with E-state index in [-0.39, 0.29) is 29.9 Å². The van der Waals surface area contributed by atoms with Gasteiger partial charge in [-0.25, -0.2) is 4.79 Å². The summed E-state index contributed by atoms with van der Waals surface area (Å²) in [7, 11) is 0. The molecule has 3 aliphatic rings. The summed E-state index contributed by atoms with van der Waals surface area (Å²) in [5, 5.41) is 6.15. The molecule has 2 heterocycles. The van der Waals surface area contributed by atoms with E-state index in [1.807, 2.05) is 65.6 Å². The van der Waals surface area contributed by atoms with Gasteiger partial charge < -0.3 is 20.4 Å². The quantitative estimate of drug-likeness (QED) is 0.694. The number of hydrogen-bond donors (Lipinski definition) is 2. The van der Waals surface area contributed by atoms with Crippen LogP contribution in [0.2, 0.25) is 0 Å². The number of urea groups is 1. The molecule has 3 atom stereocenters. The molecule has 2 saturated heterocycles. The Morgan fingerprint density at radius 1 is 0.800 bits per heavy atom. The topological polar surface area (TPSA) is 81.8 Å². The Labute approximate surface area is 206 Å². The van der Waals surface area contributed by atoms with Crippen molar-refractivity contribution in [1.29, 1.82) is 0 Å². The molecule has 7 nitrogen and oxygen atoms in total. The van der Waals surface area contributed by atoms with Crippen LogP contribution < -0.4 is 10.6 Å². The normalized spacial score (nSPS) is 24.5. The number of rotatable bonds is 4. The predicted octanol–water partition coefficient (Wildman–Crippen LogP) is 4.27. The van der Waals surface area contributed by atoms with E-state index >= 15 is 0 Å². The molecule has 7 heteroatoms. The van der Waals surface area contributed by atoms with Crippen LogP contribution in [0.25, 0.3) is 0 Å². The minimum absolute atomic E-state index is 0.0135. The SMILES string of the molecule is O=C(NC1CCN(C(=O)Nc2ccccc2)CC1)C1CC2CCCCC2N1C(=O)c1ccccc1. The summed E-state index contributed by atoms with van der Waals surface area (Å²) in [6.45, 7) is 1.18. The number of para-hydroxylation sites is 1. The molecule has 1 saturated carbocycles. The second-order valence-electron chi connectivity index (χ2n) is 10.0. The van der Waals surface area contributed by atoms with Crippen molar-refractivity contribution in [1.82, 2.24) is 15.1 Å². The van der Waals surface area contributed by atoms with Crippen molar-refractivity contribution >= 4 is 23.5 Å². The first-order valence-corrected chi connectivity index (χ1v) is 12.9. The van der Waals surface area contributed by atoms with E-state index in [1.54, 1.807) is 4.90 Å². The fourth-order valence-corrected chi connectivity index (χ4v) is 5.96. The summed E-state index contributed by atoms with van der Waals surface area (Å²) in [6.07, 6.45) is 6.50. The highest BCUT2D eigenvalue weighted by atomic mass is 16.2. The van der Waals surface area contributed by atoms with Crippen molar-refractivity contribution in [3.8, 4) is 0 Å². The number of nitrogens with one attached hydrogen (secondary N) is 2. The first-order chi connectivity index (χ1) is 17.1. The van der Waals surface area contributed by atoms with Gasteiger partial charge in [0, 0.05) is 36.4 Å². The predicted molar refractivity (Wildman–Crippen MR) is 135 cm³/mol. The number of benzene rings is 2. The Morgan fingerprint density at radius 2 is 1.46 bits per heavy atom. The Morgan fingerprint density at radius 3 is 2.17 bits per heavy atom. The van der Waals surface area contributed by atoms with Gasteiger partial charge in [-0.05, 0) is 62.3 Å². The lowest BCUT2D eigenvalue weighted by molar-refractivity contribution is -0.126. The number of anilines is 1. The van der Waals surface area contributed by atoms with Gasteiger partial charge >= 0.3 is 6.03 Å². The Balaban J connectivity index is 1.20. The van der Waals surface area contributed by atoms with E-state index < -0.39 is 6.04 Å². The maximum atomic E-state index is 13.5. The maximum absolute atomic E-state index is 13.5. The van der Waals surface area contributed by atoms with Gasteiger partial charge in [0.15, 0.2) is 0 Å². The van der Waals surface area contributed by atoms with Crippen LogP contribution in [0, 0.1) is 5.92 Å². The van der Waals surface area contributed by atoms with Gasteiger partial charge in [-0.3, -0.25) is 9.59 Å². The van der Waals surface area contributed by atoms with Crippen molar-refractivity contribution in [2.75, 3.05) is 18.4 Å². The van der Waals surface area contributed by atoms with Crippen LogP contribution in [0.4, 0.5) is 10.5 Å². The van der Waals surface area contributed by atoms with Crippen molar-refractivity contribution in [3.63, 3.8) is 0 Å². The molecular weight excluding hydrogens is 440 g/mol. The molecular formula is C28H34N4O3. The molecule has 2 aliphatic heterocycles. The van der Waals surface area contributed by atoms with Crippen molar-refractivity contribution in [2.24, 2.45) is 5.92 Å². The fourth-order valence-electron chi connectivity index (χ4n) is 5.96. The number of nitrogens with zero attached hydrogens (tertiary/aromatic N) is 2. The molecule has 0 bridgehead atoms. The smallest absolute Gasteiger partial charge is 0.321 e. The van der Waals surface area contributed by atoms with E-state index in [9.17, 15) is 14.4 Å². The summed E-state index contributed by atoms with van der Waals surface area (Å²) in [5.41, 5.74) is 1.42. The minimum Gasteiger partial charge on any atom is -0.351 e. The van der Waals surface area contributed by atoms with Crippen LogP contribution in [0.1, 0.15) is 55.3 Å². The van der Waals surface area contributed by atoms with E-state index in [4.69, 9.17) is 0 Å². The molecule has 3 unspecified atom stereocenters. The zero-order chi connectivity index (χ0) is 24.2. The lowest BCUT2D eigenvalue weighted by Gasteiger charge is -2.35. The zero-order valence-electron chi connectivity index (χ0n) is 20.1. The van der Waals surface area contributed by atoms with Gasteiger partial charge in [-0.15, -0.1) is 0 Å². The van der Waals surface area contributed by atoms with E-state index in [0.717, 1.165) is 31.4 Å². The molecule has 5 rings (SSSR count). The van der Waals surface area contributed by atoms with Gasteiger partial charge in [-0.2, -0.15) is 0 Å². The van der Waals surface area contributed by atoms with E-state index in [1.165, 1.54) is 6.42 Å². The number of piperidine rings is 1. The van der Waals surface area contributed by atoms with Crippen LogP contribution in [0.5, 0.6) is 0 Å². The molecule has 2 N–H and O–H groups in total. The Hall–Kier alpha value is -3.35. The number of carbonyl (C=O) groups is 3. The second-order valence-corrected chi connectivity index (χ2v) is 10.0. The Kier molecular flexibility index (Phi) is 7.02. The van der Waals surface area contributed by atoms with Crippen molar-refractivity contribution in [2.45, 2.75) is 63.1 Å². The molecule has 4 amide bonds. The second kappa shape index (κ2) is 10.5. The highest BCUT2D eigenvalue weighted by Gasteiger charge is 2.47. The number of fused-ring (bicyclic) bond motifs is 1. The van der Waals surface area contributed by atoms with Crippen LogP contribution in [-0.4, -0.2) is 58.9 Å². The summed E-state index contributed by atoms with van der Waals surface area (Å²) < 4.78 is 0. The lowest BCUT2D eigenvalue weighted by atomic mass is 9.84. The Bertz CT molecular complexity index is 1040. The minimum atomic E-state index is -0.421. The molecule has 2 aromatic rings. The summed E-state index contributed by atoms with van der Waals surface area (Å²) >= 11 is 0. The number of amides is 4. The number of likely N-dealkylation sites (tertiary alicyclic amines) is 2. The molecule has 0 aromatic heterocycles. The average Bonchev–Trinajstić information content (AvgIpc) is 3.29. The third-order valence-corrected chi connectivity index (χ3v) is 7.80. The van der Waals surface area contributed by atoms with Gasteiger partial charge in [0.05, 0.1) is 0 Å². The molecule has 0 radical (unpaired) electrons. The van der Waals surface area contributed by atoms with Crippen LogP contribution in [0.15, 0.2) is 60.7 Å². The van der Waals surface area contributed by atoms with Gasteiger partial charge in [0.1, 0.15) is 6.04 Å². The van der Waals surface area contributed by atoms with Crippen LogP contribution in [0.3, 0.4) is 0 Å². The first-order valence-electron chi connectivity index (χ1n) is 12.9. The zero-order valence-corrected chi connectivity index (χ0v) is 20.1. The highest BCUT2D eigenvalue weighted by molar-refractivity contribution is 5.98. The lowest BCUT2D eigenvalue weighted by Crippen LogP contribution is -2.53. The van der Waals surface area contributed by atoms with Gasteiger partial charge in [0.2, 0.25) is 5.91 Å². The van der Waals surface area contributed by atoms with Gasteiger partial charge in [-0.1, -0.05) is 49.2 Å². The monoisotopic (exact) mass is 474 g/mol. The van der Waals surface area contributed by atoms with Crippen LogP contribution >= 0.6 is 0 Å². The highest BCUT2D eigenvalue weighted by Crippen LogP contribution is 2.40. The largest absolute Gasteiger partial charge is 0.351 e. The van der Waals surface area contributed by atoms with Crippen molar-refractivity contribution < 1.29 is 14.4 Å². The van der Waals surface area contributed by atoms with Crippen molar-refractivity contribution in [3.05, 3.63) is 66.2 Å². The summed E-state index contributed by atoms with van der Waals surface area (Å²) in [6, 6.07) is 18.4. The fraction of sp³-hybridized carbons (Fsp3) is 0.464. The molecule has 35 heavy (non-hydrogen) atoms. The number of carbonyl (C=O) groups excluding carboxylic acids is 3. The molecule has 3 fully saturated rings. The third kappa shape index (κ3) is 5.19. The molecule has 184 valence electrons. The van der Waals surface area contributed by atoms with E-state index in [0.29, 0.717) is 37.4 Å². The molecule has 2 aromatic carbocycles. The molecule has 1 aliphatic carbocycles. The third-order valence-electron chi connectivity index (χ3n) is 7.80. The van der Waals surface area contributed by atoms with Crippen LogP contribution in [-0.2, 0) is 4.79 Å². The van der Waals surface area contributed by atoms with Gasteiger partial charge in [0.25, 0.3) is 5.91 Å². The first kappa shape index (κ1) is 23.4. The summed E-state index contributed by atoms with van der Waals surface area (Å²) in [5.74, 6) is 0.319. The average molecular weight is 475 g/mol. The molecule has 0 spiro atoms. The maximum Gasteiger partial charge on any atom is 0.321 e. The summed E-state index contributed by atoms with van der Waals surface area (Å²) in [4.78, 5) is 43.2. The van der Waals surface area contributed by atoms with E-state index in [2.05, 4.69) is 10.6 Å². The standard InChI is InChI=1S/C28H34N4O3/c33-26(29-23-15-17-31(18-16-23)28(35)30-22-12-5-2-6-13-22)25-19-21-11-7-8-14-24(21)32(25)27(34)20-9-3-1-4-10-20/h1-6,9-10,12-13,21,23-25H,7-8,11,14-19H2,(H,29,33)(H,30,35).